The maximum atomic E-state index is 10.6. The van der Waals surface area contributed by atoms with Gasteiger partial charge < -0.3 is 0 Å². The summed E-state index contributed by atoms with van der Waals surface area (Å²) in [4.78, 5) is 21.2. The Morgan fingerprint density at radius 2 is 1.12 bits per heavy atom. The normalized spacial score (nSPS) is 8.24. The number of carbonyl (C=O) groups is 2. The molecule has 2 aromatic rings. The number of hydrogen-bond donors (Lipinski definition) is 0. The van der Waals surface area contributed by atoms with E-state index in [1.54, 1.807) is 19.9 Å². The van der Waals surface area contributed by atoms with Crippen LogP contribution in [0.15, 0.2) is 66.7 Å². The standard InChI is InChI=1S/C10H10O.C8H8O.2C2H6.CH4/c1-9(11)7-8-10-5-3-2-4-6-10;1-7(9)8-5-3-2-4-6-8;2*1-2;/h2-8H,1H3;2-6H,1H3;2*1-2H3;1H4/b8-7+;;;;. The van der Waals surface area contributed by atoms with Gasteiger partial charge in [0.15, 0.2) is 11.6 Å². The Morgan fingerprint density at radius 3 is 1.44 bits per heavy atom. The Morgan fingerprint density at radius 1 is 0.720 bits per heavy atom. The number of hydrogen-bond acceptors (Lipinski definition) is 2. The van der Waals surface area contributed by atoms with Crippen LogP contribution < -0.4 is 0 Å². The van der Waals surface area contributed by atoms with Gasteiger partial charge in [0.2, 0.25) is 0 Å². The molecule has 0 saturated carbocycles. The second kappa shape index (κ2) is 19.6. The zero-order chi connectivity index (χ0) is 18.8. The minimum absolute atomic E-state index is 0. The summed E-state index contributed by atoms with van der Waals surface area (Å²) in [5, 5.41) is 0. The van der Waals surface area contributed by atoms with Crippen LogP contribution in [0.2, 0.25) is 0 Å². The van der Waals surface area contributed by atoms with Gasteiger partial charge in [0.25, 0.3) is 0 Å². The molecule has 0 fully saturated rings. The molecule has 0 aliphatic carbocycles. The van der Waals surface area contributed by atoms with Gasteiger partial charge in [-0.05, 0) is 25.5 Å². The molecule has 2 heteroatoms. The lowest BCUT2D eigenvalue weighted by atomic mass is 10.2. The molecule has 0 radical (unpaired) electrons. The SMILES string of the molecule is C.CC.CC.CC(=O)/C=C/c1ccccc1.CC(=O)c1ccccc1. The van der Waals surface area contributed by atoms with Crippen LogP contribution in [0.1, 0.15) is 64.9 Å². The summed E-state index contributed by atoms with van der Waals surface area (Å²) in [5.41, 5.74) is 1.83. The predicted molar refractivity (Wildman–Crippen MR) is 112 cm³/mol. The highest BCUT2D eigenvalue weighted by atomic mass is 16.1. The van der Waals surface area contributed by atoms with Gasteiger partial charge in [-0.25, -0.2) is 0 Å². The van der Waals surface area contributed by atoms with Gasteiger partial charge >= 0.3 is 0 Å². The van der Waals surface area contributed by atoms with Crippen molar-refractivity contribution in [1.29, 1.82) is 0 Å². The number of Topliss-reactive ketones (excluding diaryl/α,β-unsaturated/α-hetero) is 1. The zero-order valence-corrected chi connectivity index (χ0v) is 15.7. The first kappa shape index (κ1) is 27.4. The van der Waals surface area contributed by atoms with E-state index in [-0.39, 0.29) is 19.0 Å². The topological polar surface area (TPSA) is 34.1 Å². The van der Waals surface area contributed by atoms with E-state index in [9.17, 15) is 9.59 Å². The highest BCUT2D eigenvalue weighted by Crippen LogP contribution is 2.00. The number of ketones is 2. The Kier molecular flexibility index (Phi) is 21.4. The molecule has 0 aliphatic rings. The summed E-state index contributed by atoms with van der Waals surface area (Å²) in [6.45, 7) is 11.1. The second-order valence-corrected chi connectivity index (χ2v) is 4.28. The number of benzene rings is 2. The van der Waals surface area contributed by atoms with Crippen LogP contribution in [0.5, 0.6) is 0 Å². The fraction of sp³-hybridized carbons (Fsp3) is 0.304. The maximum Gasteiger partial charge on any atom is 0.159 e. The van der Waals surface area contributed by atoms with Crippen LogP contribution in [-0.2, 0) is 4.79 Å². The van der Waals surface area contributed by atoms with Gasteiger partial charge in [0, 0.05) is 5.56 Å². The zero-order valence-electron chi connectivity index (χ0n) is 15.7. The fourth-order valence-corrected chi connectivity index (χ4v) is 1.45. The predicted octanol–water partition coefficient (Wildman–Crippen LogP) is 6.87. The molecule has 2 aromatic carbocycles. The average molecular weight is 343 g/mol. The van der Waals surface area contributed by atoms with Crippen LogP contribution >= 0.6 is 0 Å². The summed E-state index contributed by atoms with van der Waals surface area (Å²) in [6, 6.07) is 19.0. The summed E-state index contributed by atoms with van der Waals surface area (Å²) >= 11 is 0. The summed E-state index contributed by atoms with van der Waals surface area (Å²) in [5.74, 6) is 0.199. The molecule has 0 saturated heterocycles. The van der Waals surface area contributed by atoms with Crippen LogP contribution in [-0.4, -0.2) is 11.6 Å². The summed E-state index contributed by atoms with van der Waals surface area (Å²) in [7, 11) is 0. The van der Waals surface area contributed by atoms with Gasteiger partial charge in [-0.15, -0.1) is 0 Å². The minimum atomic E-state index is 0. The van der Waals surface area contributed by atoms with Gasteiger partial charge in [-0.2, -0.15) is 0 Å². The van der Waals surface area contributed by atoms with Crippen molar-refractivity contribution in [1.82, 2.24) is 0 Å². The van der Waals surface area contributed by atoms with E-state index in [1.165, 1.54) is 0 Å². The van der Waals surface area contributed by atoms with Crippen molar-refractivity contribution in [2.45, 2.75) is 49.0 Å². The molecule has 0 bridgehead atoms. The van der Waals surface area contributed by atoms with Crippen molar-refractivity contribution >= 4 is 17.6 Å². The third kappa shape index (κ3) is 16.2. The molecule has 138 valence electrons. The largest absolute Gasteiger partial charge is 0.295 e. The van der Waals surface area contributed by atoms with E-state index < -0.39 is 0 Å². The van der Waals surface area contributed by atoms with Crippen molar-refractivity contribution in [2.75, 3.05) is 0 Å². The number of rotatable bonds is 3. The third-order valence-electron chi connectivity index (χ3n) is 2.49. The van der Waals surface area contributed by atoms with Crippen molar-refractivity contribution in [3.63, 3.8) is 0 Å². The molecule has 2 nitrogen and oxygen atoms in total. The lowest BCUT2D eigenvalue weighted by Crippen LogP contribution is -1.88. The van der Waals surface area contributed by atoms with Gasteiger partial charge in [0.1, 0.15) is 0 Å². The van der Waals surface area contributed by atoms with E-state index in [4.69, 9.17) is 0 Å². The van der Waals surface area contributed by atoms with Gasteiger partial charge in [-0.1, -0.05) is 102 Å². The van der Waals surface area contributed by atoms with Crippen LogP contribution in [0.25, 0.3) is 6.08 Å². The fourth-order valence-electron chi connectivity index (χ4n) is 1.45. The van der Waals surface area contributed by atoms with E-state index >= 15 is 0 Å². The Balaban J connectivity index is -0.000000316. The second-order valence-electron chi connectivity index (χ2n) is 4.28. The molecule has 2 rings (SSSR count). The van der Waals surface area contributed by atoms with Crippen LogP contribution in [0.3, 0.4) is 0 Å². The van der Waals surface area contributed by atoms with E-state index in [0.29, 0.717) is 0 Å². The van der Waals surface area contributed by atoms with E-state index in [0.717, 1.165) is 11.1 Å². The smallest absolute Gasteiger partial charge is 0.159 e. The lowest BCUT2D eigenvalue weighted by Gasteiger charge is -1.89. The first-order valence-electron chi connectivity index (χ1n) is 8.39. The summed E-state index contributed by atoms with van der Waals surface area (Å²) in [6.07, 6.45) is 3.37. The van der Waals surface area contributed by atoms with Crippen molar-refractivity contribution in [3.8, 4) is 0 Å². The average Bonchev–Trinajstić information content (AvgIpc) is 2.65. The van der Waals surface area contributed by atoms with E-state index in [2.05, 4.69) is 0 Å². The Labute approximate surface area is 154 Å². The first-order chi connectivity index (χ1) is 11.6. The van der Waals surface area contributed by atoms with Crippen molar-refractivity contribution < 1.29 is 9.59 Å². The maximum absolute atomic E-state index is 10.6. The third-order valence-corrected chi connectivity index (χ3v) is 2.49. The molecule has 0 atom stereocenters. The molecule has 0 N–H and O–H groups in total. The highest BCUT2D eigenvalue weighted by Gasteiger charge is 1.92. The number of allylic oxidation sites excluding steroid dienone is 1. The highest BCUT2D eigenvalue weighted by molar-refractivity contribution is 5.93. The molecular weight excluding hydrogens is 308 g/mol. The molecule has 0 aliphatic heterocycles. The summed E-state index contributed by atoms with van der Waals surface area (Å²) < 4.78 is 0. The molecule has 0 amide bonds. The molecular formula is C23H34O2. The molecule has 0 unspecified atom stereocenters. The van der Waals surface area contributed by atoms with Gasteiger partial charge in [0.05, 0.1) is 0 Å². The quantitative estimate of drug-likeness (QED) is 0.450. The lowest BCUT2D eigenvalue weighted by molar-refractivity contribution is -0.112. The van der Waals surface area contributed by atoms with Crippen molar-refractivity contribution in [3.05, 3.63) is 77.9 Å². The molecule has 25 heavy (non-hydrogen) atoms. The molecule has 0 heterocycles. The van der Waals surface area contributed by atoms with Gasteiger partial charge in [-0.3, -0.25) is 9.59 Å². The Bertz CT molecular complexity index is 570. The molecule has 0 spiro atoms. The van der Waals surface area contributed by atoms with E-state index in [1.807, 2.05) is 94.4 Å². The first-order valence-corrected chi connectivity index (χ1v) is 8.39. The molecule has 0 aromatic heterocycles. The Hall–Kier alpha value is -2.48. The van der Waals surface area contributed by atoms with Crippen LogP contribution in [0, 0.1) is 0 Å². The van der Waals surface area contributed by atoms with Crippen LogP contribution in [0.4, 0.5) is 0 Å². The monoisotopic (exact) mass is 342 g/mol. The minimum Gasteiger partial charge on any atom is -0.295 e. The van der Waals surface area contributed by atoms with Crippen molar-refractivity contribution in [2.24, 2.45) is 0 Å². The number of carbonyl (C=O) groups excluding carboxylic acids is 2.